The zero-order valence-electron chi connectivity index (χ0n) is 9.76. The van der Waals surface area contributed by atoms with Crippen molar-refractivity contribution in [3.05, 3.63) is 29.6 Å². The van der Waals surface area contributed by atoms with Gasteiger partial charge in [0.1, 0.15) is 5.82 Å². The van der Waals surface area contributed by atoms with E-state index in [0.717, 1.165) is 12.1 Å². The van der Waals surface area contributed by atoms with Gasteiger partial charge in [0.05, 0.1) is 0 Å². The van der Waals surface area contributed by atoms with Crippen LogP contribution in [0.5, 0.6) is 0 Å². The van der Waals surface area contributed by atoms with Crippen LogP contribution in [-0.4, -0.2) is 11.3 Å². The molecule has 0 radical (unpaired) electrons. The first-order valence-electron chi connectivity index (χ1n) is 5.61. The standard InChI is InChI=1S/C13H11F4NO/c14-9-3-4-11(18)10(7-9)12(19,13(15,16)17)6-5-8-1-2-8/h3-4,7-8,19H,1-2,18H2/t12-/m1/s1. The average molecular weight is 273 g/mol. The fourth-order valence-electron chi connectivity index (χ4n) is 1.57. The van der Waals surface area contributed by atoms with Gasteiger partial charge in [-0.25, -0.2) is 4.39 Å². The second-order valence-electron chi connectivity index (χ2n) is 4.48. The summed E-state index contributed by atoms with van der Waals surface area (Å²) in [6, 6.07) is 2.45. The second-order valence-corrected chi connectivity index (χ2v) is 4.48. The van der Waals surface area contributed by atoms with Gasteiger partial charge in [-0.15, -0.1) is 0 Å². The fraction of sp³-hybridized carbons (Fsp3) is 0.385. The third-order valence-electron chi connectivity index (χ3n) is 2.85. The molecule has 3 N–H and O–H groups in total. The van der Waals surface area contributed by atoms with Crippen molar-refractivity contribution < 1.29 is 22.7 Å². The van der Waals surface area contributed by atoms with Gasteiger partial charge in [-0.1, -0.05) is 11.8 Å². The van der Waals surface area contributed by atoms with Crippen molar-refractivity contribution in [3.8, 4) is 11.8 Å². The minimum atomic E-state index is -5.06. The number of alkyl halides is 3. The quantitative estimate of drug-likeness (QED) is 0.469. The fourth-order valence-corrected chi connectivity index (χ4v) is 1.57. The Balaban J connectivity index is 2.54. The smallest absolute Gasteiger partial charge is 0.398 e. The van der Waals surface area contributed by atoms with E-state index in [9.17, 15) is 22.7 Å². The van der Waals surface area contributed by atoms with Gasteiger partial charge in [0.25, 0.3) is 0 Å². The Morgan fingerprint density at radius 2 is 1.89 bits per heavy atom. The lowest BCUT2D eigenvalue weighted by molar-refractivity contribution is -0.240. The highest BCUT2D eigenvalue weighted by Crippen LogP contribution is 2.41. The lowest BCUT2D eigenvalue weighted by atomic mass is 9.91. The molecule has 102 valence electrons. The molecule has 1 fully saturated rings. The zero-order chi connectivity index (χ0) is 14.3. The average Bonchev–Trinajstić information content (AvgIpc) is 3.11. The predicted octanol–water partition coefficient (Wildman–Crippen LogP) is 2.57. The molecular weight excluding hydrogens is 262 g/mol. The van der Waals surface area contributed by atoms with Crippen LogP contribution in [0, 0.1) is 23.6 Å². The van der Waals surface area contributed by atoms with Crippen molar-refractivity contribution in [1.82, 2.24) is 0 Å². The van der Waals surface area contributed by atoms with E-state index in [2.05, 4.69) is 5.92 Å². The van der Waals surface area contributed by atoms with E-state index in [0.29, 0.717) is 18.9 Å². The lowest BCUT2D eigenvalue weighted by Crippen LogP contribution is -2.41. The molecular formula is C13H11F4NO. The molecule has 0 spiro atoms. The molecule has 2 nitrogen and oxygen atoms in total. The van der Waals surface area contributed by atoms with Crippen molar-refractivity contribution >= 4 is 5.69 Å². The number of hydrogen-bond acceptors (Lipinski definition) is 2. The third kappa shape index (κ3) is 2.66. The molecule has 0 amide bonds. The molecule has 0 unspecified atom stereocenters. The molecule has 6 heteroatoms. The maximum atomic E-state index is 13.1. The van der Waals surface area contributed by atoms with E-state index >= 15 is 0 Å². The van der Waals surface area contributed by atoms with Crippen LogP contribution in [0.15, 0.2) is 18.2 Å². The summed E-state index contributed by atoms with van der Waals surface area (Å²) in [7, 11) is 0. The Bertz CT molecular complexity index is 554. The van der Waals surface area contributed by atoms with Crippen LogP contribution in [0.4, 0.5) is 23.2 Å². The van der Waals surface area contributed by atoms with E-state index in [-0.39, 0.29) is 11.6 Å². The topological polar surface area (TPSA) is 46.2 Å². The van der Waals surface area contributed by atoms with Crippen molar-refractivity contribution in [2.75, 3.05) is 5.73 Å². The summed E-state index contributed by atoms with van der Waals surface area (Å²) < 4.78 is 52.2. The summed E-state index contributed by atoms with van der Waals surface area (Å²) in [4.78, 5) is 0. The number of rotatable bonds is 1. The summed E-state index contributed by atoms with van der Waals surface area (Å²) >= 11 is 0. The van der Waals surface area contributed by atoms with Crippen LogP contribution in [0.3, 0.4) is 0 Å². The molecule has 19 heavy (non-hydrogen) atoms. The first-order valence-corrected chi connectivity index (χ1v) is 5.61. The summed E-state index contributed by atoms with van der Waals surface area (Å²) in [5.41, 5.74) is 0.832. The van der Waals surface area contributed by atoms with E-state index < -0.39 is 23.2 Å². The first-order chi connectivity index (χ1) is 8.74. The van der Waals surface area contributed by atoms with Gasteiger partial charge < -0.3 is 10.8 Å². The number of nitrogens with two attached hydrogens (primary N) is 1. The van der Waals surface area contributed by atoms with Gasteiger partial charge >= 0.3 is 6.18 Å². The number of nitrogen functional groups attached to an aromatic ring is 1. The Morgan fingerprint density at radius 1 is 1.26 bits per heavy atom. The number of halogens is 4. The molecule has 0 heterocycles. The van der Waals surface area contributed by atoms with E-state index in [1.165, 1.54) is 0 Å². The largest absolute Gasteiger partial charge is 0.433 e. The van der Waals surface area contributed by atoms with E-state index in [1.54, 1.807) is 0 Å². The van der Waals surface area contributed by atoms with E-state index in [1.807, 2.05) is 5.92 Å². The SMILES string of the molecule is Nc1ccc(F)cc1[C@](O)(C#CC1CC1)C(F)(F)F. The van der Waals surface area contributed by atoms with Crippen LogP contribution < -0.4 is 5.73 Å². The predicted molar refractivity (Wildman–Crippen MR) is 61.3 cm³/mol. The molecule has 0 saturated heterocycles. The molecule has 0 aromatic heterocycles. The molecule has 1 aliphatic rings. The van der Waals surface area contributed by atoms with Crippen molar-refractivity contribution in [3.63, 3.8) is 0 Å². The molecule has 0 bridgehead atoms. The number of aliphatic hydroxyl groups is 1. The minimum Gasteiger partial charge on any atom is -0.398 e. The van der Waals surface area contributed by atoms with Crippen molar-refractivity contribution in [2.45, 2.75) is 24.6 Å². The Labute approximate surface area is 107 Å². The highest BCUT2D eigenvalue weighted by atomic mass is 19.4. The minimum absolute atomic E-state index is 0.136. The number of benzene rings is 1. The monoisotopic (exact) mass is 273 g/mol. The van der Waals surface area contributed by atoms with Crippen LogP contribution in [0.2, 0.25) is 0 Å². The van der Waals surface area contributed by atoms with Crippen LogP contribution in [-0.2, 0) is 5.60 Å². The van der Waals surface area contributed by atoms with Crippen molar-refractivity contribution in [2.24, 2.45) is 5.92 Å². The highest BCUT2D eigenvalue weighted by molar-refractivity contribution is 5.54. The zero-order valence-corrected chi connectivity index (χ0v) is 9.76. The van der Waals surface area contributed by atoms with Gasteiger partial charge in [0, 0.05) is 17.2 Å². The number of hydrogen-bond donors (Lipinski definition) is 2. The van der Waals surface area contributed by atoms with Crippen LogP contribution >= 0.6 is 0 Å². The van der Waals surface area contributed by atoms with Gasteiger partial charge in [-0.2, -0.15) is 13.2 Å². The maximum absolute atomic E-state index is 13.1. The second kappa shape index (κ2) is 4.42. The first kappa shape index (κ1) is 13.7. The van der Waals surface area contributed by atoms with Gasteiger partial charge in [-0.3, -0.25) is 0 Å². The third-order valence-corrected chi connectivity index (χ3v) is 2.85. The summed E-state index contributed by atoms with van der Waals surface area (Å²) in [6.07, 6.45) is -3.64. The van der Waals surface area contributed by atoms with Gasteiger partial charge in [-0.05, 0) is 31.0 Å². The Hall–Kier alpha value is -1.74. The Morgan fingerprint density at radius 3 is 2.42 bits per heavy atom. The van der Waals surface area contributed by atoms with Crippen LogP contribution in [0.1, 0.15) is 18.4 Å². The van der Waals surface area contributed by atoms with E-state index in [4.69, 9.17) is 5.73 Å². The molecule has 1 atom stereocenters. The van der Waals surface area contributed by atoms with Crippen LogP contribution in [0.25, 0.3) is 0 Å². The summed E-state index contributed by atoms with van der Waals surface area (Å²) in [5.74, 6) is 3.12. The van der Waals surface area contributed by atoms with Gasteiger partial charge in [0.15, 0.2) is 0 Å². The van der Waals surface area contributed by atoms with Gasteiger partial charge in [0.2, 0.25) is 5.60 Å². The maximum Gasteiger partial charge on any atom is 0.433 e. The molecule has 0 aliphatic heterocycles. The Kier molecular flexibility index (Phi) is 3.19. The van der Waals surface area contributed by atoms with Crippen molar-refractivity contribution in [1.29, 1.82) is 0 Å². The molecule has 2 rings (SSSR count). The lowest BCUT2D eigenvalue weighted by Gasteiger charge is -2.26. The normalized spacial score (nSPS) is 18.4. The number of anilines is 1. The highest BCUT2D eigenvalue weighted by Gasteiger charge is 2.55. The molecule has 1 aromatic rings. The summed E-state index contributed by atoms with van der Waals surface area (Å²) in [6.45, 7) is 0. The molecule has 1 saturated carbocycles. The molecule has 1 aliphatic carbocycles. The summed E-state index contributed by atoms with van der Waals surface area (Å²) in [5, 5.41) is 9.86. The molecule has 1 aromatic carbocycles.